The van der Waals surface area contributed by atoms with Gasteiger partial charge >= 0.3 is 0 Å². The number of halogens is 1. The molecule has 0 bridgehead atoms. The predicted octanol–water partition coefficient (Wildman–Crippen LogP) is 4.00. The average Bonchev–Trinajstić information content (AvgIpc) is 3.54. The highest BCUT2D eigenvalue weighted by molar-refractivity contribution is 8.00. The smallest absolute Gasteiger partial charge is 0.255 e. The Morgan fingerprint density at radius 1 is 1.17 bits per heavy atom. The highest BCUT2D eigenvalue weighted by Gasteiger charge is 2.30. The number of carbonyl (C=O) groups is 1. The lowest BCUT2D eigenvalue weighted by atomic mass is 10.1. The molecule has 29 heavy (non-hydrogen) atoms. The molecule has 1 atom stereocenters. The first-order valence-electron chi connectivity index (χ1n) is 9.40. The fraction of sp³-hybridized carbons (Fsp3) is 0.227. The number of amides is 1. The highest BCUT2D eigenvalue weighted by atomic mass is 32.2. The fourth-order valence-corrected chi connectivity index (χ4v) is 3.96. The van der Waals surface area contributed by atoms with Crippen LogP contribution in [0, 0.1) is 12.7 Å². The number of carbonyl (C=O) groups excluding carboxylic acids is 1. The van der Waals surface area contributed by atoms with Gasteiger partial charge in [0, 0.05) is 17.2 Å². The summed E-state index contributed by atoms with van der Waals surface area (Å²) in [5.41, 5.74) is 2.33. The number of benzene rings is 2. The van der Waals surface area contributed by atoms with E-state index in [2.05, 4.69) is 15.3 Å². The van der Waals surface area contributed by atoms with Crippen molar-refractivity contribution >= 4 is 17.7 Å². The van der Waals surface area contributed by atoms with Crippen LogP contribution in [0.2, 0.25) is 0 Å². The molecular formula is C22H20FN3O2S. The summed E-state index contributed by atoms with van der Waals surface area (Å²) >= 11 is 1.16. The van der Waals surface area contributed by atoms with Crippen LogP contribution in [-0.2, 0) is 4.79 Å². The molecule has 1 heterocycles. The normalized spacial score (nSPS) is 14.4. The van der Waals surface area contributed by atoms with E-state index in [0.717, 1.165) is 30.2 Å². The van der Waals surface area contributed by atoms with Crippen LogP contribution in [0.4, 0.5) is 4.39 Å². The number of nitrogens with zero attached hydrogens (tertiary/aromatic N) is 1. The van der Waals surface area contributed by atoms with Gasteiger partial charge in [-0.2, -0.15) is 0 Å². The Hall–Kier alpha value is -2.93. The van der Waals surface area contributed by atoms with E-state index in [4.69, 9.17) is 0 Å². The minimum absolute atomic E-state index is 0.173. The molecule has 1 amide bonds. The molecule has 1 aliphatic rings. The molecule has 4 rings (SSSR count). The van der Waals surface area contributed by atoms with E-state index in [1.54, 1.807) is 19.1 Å². The molecule has 1 saturated carbocycles. The van der Waals surface area contributed by atoms with Crippen LogP contribution < -0.4 is 10.9 Å². The standard InChI is InChI=1S/C22H20FN3O2S/c1-13-18(14-5-3-2-4-6-14)25-22(26-20(13)27)29-19(21(28)24-17-11-12-17)15-7-9-16(23)10-8-15/h2-10,17,19H,11-12H2,1H3,(H,24,28)(H,25,26,27)/t19-/m1/s1. The van der Waals surface area contributed by atoms with Crippen molar-refractivity contribution in [3.05, 3.63) is 81.9 Å². The lowest BCUT2D eigenvalue weighted by Gasteiger charge is -2.17. The molecule has 0 unspecified atom stereocenters. The molecule has 3 aromatic rings. The second-order valence-corrected chi connectivity index (χ2v) is 8.14. The van der Waals surface area contributed by atoms with Gasteiger partial charge in [-0.1, -0.05) is 54.2 Å². The molecular weight excluding hydrogens is 389 g/mol. The van der Waals surface area contributed by atoms with Crippen molar-refractivity contribution < 1.29 is 9.18 Å². The number of aromatic nitrogens is 2. The zero-order valence-corrected chi connectivity index (χ0v) is 16.6. The number of aromatic amines is 1. The van der Waals surface area contributed by atoms with Crippen molar-refractivity contribution in [3.8, 4) is 11.3 Å². The first-order valence-corrected chi connectivity index (χ1v) is 10.3. The molecule has 1 aliphatic carbocycles. The first-order chi connectivity index (χ1) is 14.0. The minimum atomic E-state index is -0.648. The number of nitrogens with one attached hydrogen (secondary N) is 2. The molecule has 1 fully saturated rings. The summed E-state index contributed by atoms with van der Waals surface area (Å²) in [6.07, 6.45) is 1.93. The van der Waals surface area contributed by atoms with Crippen LogP contribution in [0.15, 0.2) is 64.5 Å². The highest BCUT2D eigenvalue weighted by Crippen LogP contribution is 2.35. The summed E-state index contributed by atoms with van der Waals surface area (Å²) in [4.78, 5) is 32.7. The van der Waals surface area contributed by atoms with Crippen molar-refractivity contribution in [2.24, 2.45) is 0 Å². The van der Waals surface area contributed by atoms with E-state index >= 15 is 0 Å². The topological polar surface area (TPSA) is 74.8 Å². The molecule has 0 spiro atoms. The molecule has 2 N–H and O–H groups in total. The molecule has 0 radical (unpaired) electrons. The summed E-state index contributed by atoms with van der Waals surface area (Å²) in [6, 6.07) is 15.5. The van der Waals surface area contributed by atoms with Crippen molar-refractivity contribution in [1.82, 2.24) is 15.3 Å². The number of H-pyrrole nitrogens is 1. The summed E-state index contributed by atoms with van der Waals surface area (Å²) in [5, 5.41) is 2.69. The van der Waals surface area contributed by atoms with Crippen molar-refractivity contribution in [3.63, 3.8) is 0 Å². The molecule has 1 aromatic heterocycles. The summed E-state index contributed by atoms with van der Waals surface area (Å²) in [6.45, 7) is 1.72. The molecule has 7 heteroatoms. The van der Waals surface area contributed by atoms with Gasteiger partial charge < -0.3 is 10.3 Å². The van der Waals surface area contributed by atoms with E-state index in [1.807, 2.05) is 30.3 Å². The predicted molar refractivity (Wildman–Crippen MR) is 111 cm³/mol. The van der Waals surface area contributed by atoms with Gasteiger partial charge in [0.15, 0.2) is 5.16 Å². The quantitative estimate of drug-likeness (QED) is 0.477. The molecule has 5 nitrogen and oxygen atoms in total. The summed E-state index contributed by atoms with van der Waals surface area (Å²) in [5.74, 6) is -0.540. The van der Waals surface area contributed by atoms with Crippen LogP contribution in [0.5, 0.6) is 0 Å². The molecule has 0 aliphatic heterocycles. The Morgan fingerprint density at radius 3 is 2.52 bits per heavy atom. The van der Waals surface area contributed by atoms with E-state index in [-0.39, 0.29) is 23.3 Å². The van der Waals surface area contributed by atoms with Crippen LogP contribution in [0.25, 0.3) is 11.3 Å². The third-order valence-electron chi connectivity index (χ3n) is 4.74. The van der Waals surface area contributed by atoms with Crippen molar-refractivity contribution in [2.75, 3.05) is 0 Å². The van der Waals surface area contributed by atoms with Gasteiger partial charge in [-0.25, -0.2) is 9.37 Å². The Balaban J connectivity index is 1.69. The van der Waals surface area contributed by atoms with E-state index in [0.29, 0.717) is 22.0 Å². The van der Waals surface area contributed by atoms with Gasteiger partial charge in [0.2, 0.25) is 5.91 Å². The zero-order chi connectivity index (χ0) is 20.4. The fourth-order valence-electron chi connectivity index (χ4n) is 2.97. The lowest BCUT2D eigenvalue weighted by molar-refractivity contribution is -0.120. The third kappa shape index (κ3) is 4.56. The maximum Gasteiger partial charge on any atom is 0.255 e. The largest absolute Gasteiger partial charge is 0.352 e. The van der Waals surface area contributed by atoms with E-state index < -0.39 is 5.25 Å². The Labute approximate surface area is 171 Å². The van der Waals surface area contributed by atoms with Crippen molar-refractivity contribution in [2.45, 2.75) is 36.2 Å². The third-order valence-corrected chi connectivity index (χ3v) is 5.88. The second kappa shape index (κ2) is 8.21. The first kappa shape index (κ1) is 19.4. The van der Waals surface area contributed by atoms with Crippen LogP contribution in [-0.4, -0.2) is 21.9 Å². The number of thioether (sulfide) groups is 1. The minimum Gasteiger partial charge on any atom is -0.352 e. The Morgan fingerprint density at radius 2 is 1.86 bits per heavy atom. The Kier molecular flexibility index (Phi) is 5.49. The average molecular weight is 409 g/mol. The van der Waals surface area contributed by atoms with E-state index in [1.165, 1.54) is 12.1 Å². The molecule has 0 saturated heterocycles. The Bertz CT molecular complexity index is 1080. The van der Waals surface area contributed by atoms with Gasteiger partial charge in [-0.05, 0) is 37.5 Å². The maximum absolute atomic E-state index is 13.4. The molecule has 148 valence electrons. The van der Waals surface area contributed by atoms with Gasteiger partial charge in [0.1, 0.15) is 11.1 Å². The van der Waals surface area contributed by atoms with Gasteiger partial charge in [-0.3, -0.25) is 9.59 Å². The van der Waals surface area contributed by atoms with Crippen LogP contribution in [0.3, 0.4) is 0 Å². The maximum atomic E-state index is 13.4. The second-order valence-electron chi connectivity index (χ2n) is 7.04. The summed E-state index contributed by atoms with van der Waals surface area (Å²) in [7, 11) is 0. The number of rotatable bonds is 6. The summed E-state index contributed by atoms with van der Waals surface area (Å²) < 4.78 is 13.4. The lowest BCUT2D eigenvalue weighted by Crippen LogP contribution is -2.30. The van der Waals surface area contributed by atoms with Crippen LogP contribution in [0.1, 0.15) is 29.2 Å². The van der Waals surface area contributed by atoms with Gasteiger partial charge in [0.25, 0.3) is 5.56 Å². The van der Waals surface area contributed by atoms with Crippen molar-refractivity contribution in [1.29, 1.82) is 0 Å². The van der Waals surface area contributed by atoms with Crippen LogP contribution >= 0.6 is 11.8 Å². The zero-order valence-electron chi connectivity index (χ0n) is 15.8. The van der Waals surface area contributed by atoms with Gasteiger partial charge in [0.05, 0.1) is 5.69 Å². The van der Waals surface area contributed by atoms with Gasteiger partial charge in [-0.15, -0.1) is 0 Å². The number of hydrogen-bond acceptors (Lipinski definition) is 4. The number of hydrogen-bond donors (Lipinski definition) is 2. The molecule has 2 aromatic carbocycles. The SMILES string of the molecule is Cc1c(-c2ccccc2)nc(S[C@@H](C(=O)NC2CC2)c2ccc(F)cc2)[nH]c1=O. The monoisotopic (exact) mass is 409 g/mol. The van der Waals surface area contributed by atoms with E-state index in [9.17, 15) is 14.0 Å².